The van der Waals surface area contributed by atoms with Crippen molar-refractivity contribution in [2.45, 2.75) is 6.55 Å². The molecule has 0 nitrogen and oxygen atoms in total. The minimum Gasteiger partial charge on any atom is -0.0777 e. The van der Waals surface area contributed by atoms with Gasteiger partial charge >= 0.3 is 23.1 Å². The maximum atomic E-state index is 2.14. The molecule has 24 valence electrons. The Kier molecular flexibility index (Phi) is 108. The highest BCUT2D eigenvalue weighted by molar-refractivity contribution is 6.05. The van der Waals surface area contributed by atoms with Gasteiger partial charge in [-0.15, -0.1) is 0 Å². The lowest BCUT2D eigenvalue weighted by Gasteiger charge is -1.04. The SMILES string of the molecule is C[SiH3].[AlH3].[MgH2]. The van der Waals surface area contributed by atoms with Crippen LogP contribution < -0.4 is 0 Å². The van der Waals surface area contributed by atoms with E-state index in [1.807, 2.05) is 0 Å². The average molecular weight is 102 g/mol. The predicted octanol–water partition coefficient (Wildman–Crippen LogP) is -2.70. The first-order chi connectivity index (χ1) is 1.00. The fourth-order valence-electron chi connectivity index (χ4n) is 0. The molecule has 4 heavy (non-hydrogen) atoms. The molecular formula is CH11AlMgSi. The van der Waals surface area contributed by atoms with Gasteiger partial charge in [0.25, 0.3) is 0 Å². The smallest absolute Gasteiger partial charge is 0.0777 e. The zero-order valence-electron chi connectivity index (χ0n) is 2.00. The Morgan fingerprint density at radius 1 is 1.25 bits per heavy atom. The van der Waals surface area contributed by atoms with Crippen LogP contribution in [-0.2, 0) is 0 Å². The third kappa shape index (κ3) is 9.69. The molecule has 0 radical (unpaired) electrons. The summed E-state index contributed by atoms with van der Waals surface area (Å²) in [4.78, 5) is 0. The van der Waals surface area contributed by atoms with Crippen LogP contribution in [0.5, 0.6) is 0 Å². The molecule has 0 saturated carbocycles. The summed E-state index contributed by atoms with van der Waals surface area (Å²) in [6.45, 7) is 2.14. The molecular weight excluding hydrogens is 91.4 g/mol. The van der Waals surface area contributed by atoms with Crippen LogP contribution in [0.1, 0.15) is 0 Å². The van der Waals surface area contributed by atoms with Crippen molar-refractivity contribution in [3.63, 3.8) is 0 Å². The van der Waals surface area contributed by atoms with Crippen molar-refractivity contribution >= 4 is 50.7 Å². The molecule has 0 saturated heterocycles. The minimum atomic E-state index is 0. The van der Waals surface area contributed by atoms with Gasteiger partial charge in [-0.3, -0.25) is 0 Å². The summed E-state index contributed by atoms with van der Waals surface area (Å²) in [5, 5.41) is 0. The molecule has 0 spiro atoms. The lowest BCUT2D eigenvalue weighted by atomic mass is 11.9. The summed E-state index contributed by atoms with van der Waals surface area (Å²) < 4.78 is 0. The predicted molar refractivity (Wildman–Crippen MR) is 34.3 cm³/mol. The van der Waals surface area contributed by atoms with Crippen molar-refractivity contribution in [1.82, 2.24) is 0 Å². The molecule has 3 heteroatoms. The van der Waals surface area contributed by atoms with Crippen molar-refractivity contribution < 1.29 is 0 Å². The zero-order valence-corrected chi connectivity index (χ0v) is 4.00. The van der Waals surface area contributed by atoms with Gasteiger partial charge in [-0.1, -0.05) is 6.55 Å². The van der Waals surface area contributed by atoms with Crippen LogP contribution in [0.3, 0.4) is 0 Å². The molecule has 0 aliphatic rings. The Balaban J connectivity index is -0.00000000500. The summed E-state index contributed by atoms with van der Waals surface area (Å²) in [5.74, 6) is 0. The maximum Gasteiger partial charge on any atom is 0.316 e. The molecule has 0 heterocycles. The molecule has 0 aromatic heterocycles. The second-order valence-corrected chi connectivity index (χ2v) is 0. The van der Waals surface area contributed by atoms with E-state index in [1.165, 1.54) is 10.2 Å². The fourth-order valence-corrected chi connectivity index (χ4v) is 0. The quantitative estimate of drug-likeness (QED) is 0.292. The van der Waals surface area contributed by atoms with Crippen molar-refractivity contribution in [1.29, 1.82) is 0 Å². The van der Waals surface area contributed by atoms with Gasteiger partial charge in [0.2, 0.25) is 0 Å². The summed E-state index contributed by atoms with van der Waals surface area (Å²) in [7, 11) is 1.31. The molecule has 0 rings (SSSR count). The first-order valence-electron chi connectivity index (χ1n) is 1.00. The van der Waals surface area contributed by atoms with Crippen LogP contribution in [0.25, 0.3) is 0 Å². The van der Waals surface area contributed by atoms with E-state index in [2.05, 4.69) is 6.55 Å². The topological polar surface area (TPSA) is 0 Å². The van der Waals surface area contributed by atoms with Crippen LogP contribution in [0.15, 0.2) is 0 Å². The summed E-state index contributed by atoms with van der Waals surface area (Å²) in [6, 6.07) is 0. The molecule has 0 aromatic rings. The van der Waals surface area contributed by atoms with E-state index in [9.17, 15) is 0 Å². The summed E-state index contributed by atoms with van der Waals surface area (Å²) >= 11 is 0. The Morgan fingerprint density at radius 2 is 1.25 bits per heavy atom. The monoisotopic (exact) mass is 102 g/mol. The molecule has 0 aliphatic heterocycles. The molecule has 0 N–H and O–H groups in total. The van der Waals surface area contributed by atoms with Crippen LogP contribution in [0, 0.1) is 0 Å². The van der Waals surface area contributed by atoms with Gasteiger partial charge in [0.1, 0.15) is 0 Å². The van der Waals surface area contributed by atoms with E-state index in [-0.39, 0.29) is 40.4 Å². The highest BCUT2D eigenvalue weighted by Gasteiger charge is 0.962. The molecule has 0 aliphatic carbocycles. The Hall–Kier alpha value is 1.52. The average Bonchev–Trinajstić information content (AvgIpc) is 1.00. The van der Waals surface area contributed by atoms with E-state index in [4.69, 9.17) is 0 Å². The van der Waals surface area contributed by atoms with E-state index in [1.54, 1.807) is 0 Å². The lowest BCUT2D eigenvalue weighted by Crippen LogP contribution is -1.13. The molecule has 0 bridgehead atoms. The van der Waals surface area contributed by atoms with Gasteiger partial charge < -0.3 is 0 Å². The number of hydrogen-bond donors (Lipinski definition) is 0. The van der Waals surface area contributed by atoms with Crippen LogP contribution in [0.4, 0.5) is 0 Å². The lowest BCUT2D eigenvalue weighted by molar-refractivity contribution is 2.40. The number of hydrogen-bond acceptors (Lipinski definition) is 0. The second-order valence-electron chi connectivity index (χ2n) is 0. The Labute approximate surface area is 57.1 Å². The number of rotatable bonds is 0. The van der Waals surface area contributed by atoms with Gasteiger partial charge in [-0.2, -0.15) is 0 Å². The van der Waals surface area contributed by atoms with Gasteiger partial charge in [-0.25, -0.2) is 0 Å². The highest BCUT2D eigenvalue weighted by atomic mass is 28.1. The van der Waals surface area contributed by atoms with Gasteiger partial charge in [0.05, 0.1) is 0 Å². The van der Waals surface area contributed by atoms with E-state index >= 15 is 0 Å². The highest BCUT2D eigenvalue weighted by Crippen LogP contribution is 0.960. The normalized spacial score (nSPS) is 2.25. The van der Waals surface area contributed by atoms with E-state index in [0.29, 0.717) is 0 Å². The van der Waals surface area contributed by atoms with Gasteiger partial charge in [-0.05, 0) is 10.2 Å². The van der Waals surface area contributed by atoms with Crippen molar-refractivity contribution in [3.05, 3.63) is 0 Å². The van der Waals surface area contributed by atoms with Gasteiger partial charge in [0.15, 0.2) is 17.4 Å². The minimum absolute atomic E-state index is 0. The Bertz CT molecular complexity index is 8.00. The van der Waals surface area contributed by atoms with Crippen molar-refractivity contribution in [2.75, 3.05) is 0 Å². The second kappa shape index (κ2) is 24.3. The van der Waals surface area contributed by atoms with Crippen LogP contribution in [0.2, 0.25) is 6.55 Å². The third-order valence-electron chi connectivity index (χ3n) is 0. The molecule has 0 atom stereocenters. The largest absolute Gasteiger partial charge is 0.316 e. The van der Waals surface area contributed by atoms with Crippen LogP contribution >= 0.6 is 0 Å². The molecule has 0 amide bonds. The first-order valence-corrected chi connectivity index (χ1v) is 3.00. The maximum absolute atomic E-state index is 2.14. The fraction of sp³-hybridized carbons (Fsp3) is 1.00. The molecule has 0 unspecified atom stereocenters. The van der Waals surface area contributed by atoms with Crippen molar-refractivity contribution in [2.24, 2.45) is 0 Å². The molecule has 0 fully saturated rings. The van der Waals surface area contributed by atoms with E-state index < -0.39 is 0 Å². The van der Waals surface area contributed by atoms with Crippen LogP contribution in [-0.4, -0.2) is 50.7 Å². The third-order valence-corrected chi connectivity index (χ3v) is 0. The summed E-state index contributed by atoms with van der Waals surface area (Å²) in [6.07, 6.45) is 0. The molecule has 0 aromatic carbocycles. The summed E-state index contributed by atoms with van der Waals surface area (Å²) in [5.41, 5.74) is 0. The first kappa shape index (κ1) is 17.8. The van der Waals surface area contributed by atoms with E-state index in [0.717, 1.165) is 0 Å². The standard InChI is InChI=1S/CH6Si.Al.Mg.5H/c1-2;;;;;;;/h1-2H3;;;;;;;. The zero-order chi connectivity index (χ0) is 2.00. The Morgan fingerprint density at radius 3 is 1.25 bits per heavy atom. The van der Waals surface area contributed by atoms with Gasteiger partial charge in [0, 0.05) is 0 Å². The van der Waals surface area contributed by atoms with Crippen molar-refractivity contribution in [3.8, 4) is 0 Å².